The van der Waals surface area contributed by atoms with Crippen LogP contribution in [0.25, 0.3) is 0 Å². The van der Waals surface area contributed by atoms with Crippen molar-refractivity contribution in [2.24, 2.45) is 0 Å². The van der Waals surface area contributed by atoms with Crippen molar-refractivity contribution in [3.63, 3.8) is 0 Å². The molecule has 5 nitrogen and oxygen atoms in total. The molecule has 0 fully saturated rings. The average Bonchev–Trinajstić information content (AvgIpc) is 2.88. The molecule has 2 rings (SSSR count). The summed E-state index contributed by atoms with van der Waals surface area (Å²) in [6.45, 7) is 3.74. The van der Waals surface area contributed by atoms with Crippen LogP contribution in [-0.4, -0.2) is 23.6 Å². The number of nitrogens with one attached hydrogen (secondary N) is 1. The molecule has 0 saturated heterocycles. The fourth-order valence-electron chi connectivity index (χ4n) is 1.70. The number of hydrogen-bond acceptors (Lipinski definition) is 4. The number of carbonyl (C=O) groups excluding carboxylic acids is 1. The molecular formula is C15H15NO4S. The van der Waals surface area contributed by atoms with Crippen molar-refractivity contribution in [3.8, 4) is 5.75 Å². The zero-order chi connectivity index (χ0) is 15.4. The van der Waals surface area contributed by atoms with E-state index in [2.05, 4.69) is 5.32 Å². The Balaban J connectivity index is 1.92. The van der Waals surface area contributed by atoms with Gasteiger partial charge in [-0.15, -0.1) is 11.3 Å². The molecule has 0 aliphatic heterocycles. The number of ether oxygens (including phenoxy) is 1. The lowest BCUT2D eigenvalue weighted by atomic mass is 10.1. The van der Waals surface area contributed by atoms with Crippen molar-refractivity contribution in [2.45, 2.75) is 13.8 Å². The minimum Gasteiger partial charge on any atom is -0.483 e. The van der Waals surface area contributed by atoms with Crippen LogP contribution in [0.3, 0.4) is 0 Å². The van der Waals surface area contributed by atoms with Gasteiger partial charge in [-0.3, -0.25) is 4.79 Å². The van der Waals surface area contributed by atoms with Gasteiger partial charge >= 0.3 is 5.97 Å². The first-order valence-electron chi connectivity index (χ1n) is 6.29. The van der Waals surface area contributed by atoms with Gasteiger partial charge in [-0.25, -0.2) is 4.79 Å². The summed E-state index contributed by atoms with van der Waals surface area (Å²) < 4.78 is 5.48. The normalized spacial score (nSPS) is 10.2. The molecule has 0 aliphatic rings. The van der Waals surface area contributed by atoms with E-state index in [4.69, 9.17) is 9.84 Å². The van der Waals surface area contributed by atoms with Crippen molar-refractivity contribution in [3.05, 3.63) is 46.3 Å². The first-order chi connectivity index (χ1) is 9.95. The lowest BCUT2D eigenvalue weighted by molar-refractivity contribution is -0.118. The van der Waals surface area contributed by atoms with Gasteiger partial charge in [0, 0.05) is 0 Å². The molecule has 1 heterocycles. The van der Waals surface area contributed by atoms with E-state index in [1.807, 2.05) is 32.0 Å². The number of aromatic carboxylic acids is 1. The standard InChI is InChI=1S/C15H15NO4S/c1-9-3-4-10(2)11(7-9)20-8-13(17)16-14-6-5-12(21-14)15(18)19/h3-7H,8H2,1-2H3,(H,16,17)(H,18,19). The number of rotatable bonds is 5. The molecular weight excluding hydrogens is 290 g/mol. The summed E-state index contributed by atoms with van der Waals surface area (Å²) in [5, 5.41) is 11.9. The monoisotopic (exact) mass is 305 g/mol. The molecule has 0 atom stereocenters. The van der Waals surface area contributed by atoms with E-state index >= 15 is 0 Å². The van der Waals surface area contributed by atoms with Crippen LogP contribution < -0.4 is 10.1 Å². The van der Waals surface area contributed by atoms with Crippen LogP contribution in [0, 0.1) is 13.8 Å². The molecule has 0 aliphatic carbocycles. The number of anilines is 1. The summed E-state index contributed by atoms with van der Waals surface area (Å²) in [6, 6.07) is 8.79. The van der Waals surface area contributed by atoms with E-state index < -0.39 is 5.97 Å². The number of carbonyl (C=O) groups is 2. The lowest BCUT2D eigenvalue weighted by Crippen LogP contribution is -2.19. The van der Waals surface area contributed by atoms with E-state index in [0.29, 0.717) is 10.8 Å². The summed E-state index contributed by atoms with van der Waals surface area (Å²) in [6.07, 6.45) is 0. The highest BCUT2D eigenvalue weighted by molar-refractivity contribution is 7.18. The van der Waals surface area contributed by atoms with E-state index in [0.717, 1.165) is 22.5 Å². The van der Waals surface area contributed by atoms with Gasteiger partial charge in [0.1, 0.15) is 10.6 Å². The molecule has 1 aromatic carbocycles. The summed E-state index contributed by atoms with van der Waals surface area (Å²) in [5.41, 5.74) is 2.01. The van der Waals surface area contributed by atoms with Crippen LogP contribution in [0.2, 0.25) is 0 Å². The van der Waals surface area contributed by atoms with Crippen molar-refractivity contribution in [1.82, 2.24) is 0 Å². The molecule has 0 bridgehead atoms. The van der Waals surface area contributed by atoms with Crippen LogP contribution in [0.1, 0.15) is 20.8 Å². The minimum atomic E-state index is -1.01. The van der Waals surface area contributed by atoms with Gasteiger partial charge in [-0.2, -0.15) is 0 Å². The van der Waals surface area contributed by atoms with Gasteiger partial charge in [-0.05, 0) is 43.2 Å². The Morgan fingerprint density at radius 1 is 1.24 bits per heavy atom. The minimum absolute atomic E-state index is 0.120. The maximum Gasteiger partial charge on any atom is 0.345 e. The Morgan fingerprint density at radius 3 is 2.67 bits per heavy atom. The third-order valence-electron chi connectivity index (χ3n) is 2.78. The van der Waals surface area contributed by atoms with E-state index in [9.17, 15) is 9.59 Å². The van der Waals surface area contributed by atoms with Gasteiger partial charge in [0.15, 0.2) is 6.61 Å². The van der Waals surface area contributed by atoms with E-state index in [1.165, 1.54) is 6.07 Å². The fourth-order valence-corrected chi connectivity index (χ4v) is 2.46. The van der Waals surface area contributed by atoms with Gasteiger partial charge in [0.05, 0.1) is 5.00 Å². The topological polar surface area (TPSA) is 75.6 Å². The van der Waals surface area contributed by atoms with Crippen LogP contribution >= 0.6 is 11.3 Å². The summed E-state index contributed by atoms with van der Waals surface area (Å²) in [7, 11) is 0. The maximum atomic E-state index is 11.8. The molecule has 0 saturated carbocycles. The third kappa shape index (κ3) is 4.06. The van der Waals surface area contributed by atoms with Crippen LogP contribution in [0.4, 0.5) is 5.00 Å². The highest BCUT2D eigenvalue weighted by Crippen LogP contribution is 2.22. The number of hydrogen-bond donors (Lipinski definition) is 2. The second-order valence-electron chi connectivity index (χ2n) is 4.57. The van der Waals surface area contributed by atoms with Gasteiger partial charge in [0.25, 0.3) is 5.91 Å². The number of carboxylic acids is 1. The predicted molar refractivity (Wildman–Crippen MR) is 81.3 cm³/mol. The van der Waals surface area contributed by atoms with Crippen LogP contribution in [0.5, 0.6) is 5.75 Å². The van der Waals surface area contributed by atoms with E-state index in [1.54, 1.807) is 6.07 Å². The Labute approximate surface area is 126 Å². The highest BCUT2D eigenvalue weighted by atomic mass is 32.1. The predicted octanol–water partition coefficient (Wildman–Crippen LogP) is 3.08. The lowest BCUT2D eigenvalue weighted by Gasteiger charge is -2.09. The van der Waals surface area contributed by atoms with Crippen molar-refractivity contribution in [2.75, 3.05) is 11.9 Å². The van der Waals surface area contributed by atoms with E-state index in [-0.39, 0.29) is 17.4 Å². The Bertz CT molecular complexity index is 678. The first kappa shape index (κ1) is 15.1. The molecule has 2 N–H and O–H groups in total. The number of carboxylic acid groups (broad SMARTS) is 1. The van der Waals surface area contributed by atoms with Crippen molar-refractivity contribution in [1.29, 1.82) is 0 Å². The zero-order valence-corrected chi connectivity index (χ0v) is 12.5. The fraction of sp³-hybridized carbons (Fsp3) is 0.200. The summed E-state index contributed by atoms with van der Waals surface area (Å²) >= 11 is 1.01. The third-order valence-corrected chi connectivity index (χ3v) is 3.77. The molecule has 0 radical (unpaired) electrons. The molecule has 1 aromatic heterocycles. The number of amides is 1. The highest BCUT2D eigenvalue weighted by Gasteiger charge is 2.10. The smallest absolute Gasteiger partial charge is 0.345 e. The Kier molecular flexibility index (Phi) is 4.59. The number of benzene rings is 1. The molecule has 6 heteroatoms. The second-order valence-corrected chi connectivity index (χ2v) is 5.66. The quantitative estimate of drug-likeness (QED) is 0.890. The molecule has 21 heavy (non-hydrogen) atoms. The molecule has 0 spiro atoms. The Hall–Kier alpha value is -2.34. The van der Waals surface area contributed by atoms with Crippen LogP contribution in [-0.2, 0) is 4.79 Å². The maximum absolute atomic E-state index is 11.8. The van der Waals surface area contributed by atoms with Gasteiger partial charge in [0.2, 0.25) is 0 Å². The number of aryl methyl sites for hydroxylation is 2. The van der Waals surface area contributed by atoms with Gasteiger partial charge < -0.3 is 15.2 Å². The molecule has 110 valence electrons. The SMILES string of the molecule is Cc1ccc(C)c(OCC(=O)Nc2ccc(C(=O)O)s2)c1. The van der Waals surface area contributed by atoms with Crippen molar-refractivity contribution < 1.29 is 19.4 Å². The zero-order valence-electron chi connectivity index (χ0n) is 11.7. The average molecular weight is 305 g/mol. The van der Waals surface area contributed by atoms with Crippen molar-refractivity contribution >= 4 is 28.2 Å². The second kappa shape index (κ2) is 6.41. The summed E-state index contributed by atoms with van der Waals surface area (Å²) in [4.78, 5) is 22.7. The largest absolute Gasteiger partial charge is 0.483 e. The summed E-state index contributed by atoms with van der Waals surface area (Å²) in [5.74, 6) is -0.663. The number of thiophene rings is 1. The first-order valence-corrected chi connectivity index (χ1v) is 7.10. The Morgan fingerprint density at radius 2 is 2.00 bits per heavy atom. The van der Waals surface area contributed by atoms with Crippen LogP contribution in [0.15, 0.2) is 30.3 Å². The molecule has 2 aromatic rings. The van der Waals surface area contributed by atoms with Gasteiger partial charge in [-0.1, -0.05) is 12.1 Å². The molecule has 1 amide bonds. The molecule has 0 unspecified atom stereocenters.